The summed E-state index contributed by atoms with van der Waals surface area (Å²) in [6.07, 6.45) is 0. The molecule has 0 radical (unpaired) electrons. The number of nitro groups is 2. The van der Waals surface area contributed by atoms with Crippen molar-refractivity contribution in [3.63, 3.8) is 0 Å². The number of Topliss-reactive ketones (excluding diaryl/α,β-unsaturated/α-hetero) is 1. The highest BCUT2D eigenvalue weighted by Gasteiger charge is 2.30. The van der Waals surface area contributed by atoms with E-state index in [1.54, 1.807) is 0 Å². The van der Waals surface area contributed by atoms with Crippen LogP contribution in [0.3, 0.4) is 0 Å². The fourth-order valence-corrected chi connectivity index (χ4v) is 1.60. The Bertz CT molecular complexity index is 668. The van der Waals surface area contributed by atoms with Crippen LogP contribution in [-0.2, 0) is 9.59 Å². The van der Waals surface area contributed by atoms with E-state index in [1.165, 1.54) is 0 Å². The zero-order valence-corrected chi connectivity index (χ0v) is 11.2. The molecule has 0 bridgehead atoms. The first-order valence-corrected chi connectivity index (χ1v) is 5.79. The lowest BCUT2D eigenvalue weighted by atomic mass is 10.0. The topological polar surface area (TPSA) is 190 Å². The number of carbonyl (C=O) groups excluding carboxylic acids is 1. The number of nitro benzene ring substituents is 2. The number of ketones is 1. The number of rotatable bonds is 8. The molecular weight excluding hydrogens is 318 g/mol. The van der Waals surface area contributed by atoms with E-state index >= 15 is 0 Å². The average Bonchev–Trinajstić information content (AvgIpc) is 2.45. The van der Waals surface area contributed by atoms with Crippen LogP contribution in [0.15, 0.2) is 18.2 Å². The van der Waals surface area contributed by atoms with Crippen LogP contribution in [0.1, 0.15) is 10.4 Å². The Hall–Kier alpha value is -3.41. The summed E-state index contributed by atoms with van der Waals surface area (Å²) in [5, 5.41) is 40.8. The Balaban J connectivity index is 3.27. The highest BCUT2D eigenvalue weighted by Crippen LogP contribution is 2.23. The normalized spacial score (nSPS) is 11.5. The minimum absolute atomic E-state index is 0.601. The Morgan fingerprint density at radius 1 is 1.04 bits per heavy atom. The minimum atomic E-state index is -2.02. The van der Waals surface area contributed by atoms with Crippen molar-refractivity contribution in [1.82, 2.24) is 5.32 Å². The fraction of sp³-hybridized carbons (Fsp3) is 0.182. The van der Waals surface area contributed by atoms with Crippen LogP contribution < -0.4 is 5.32 Å². The van der Waals surface area contributed by atoms with Gasteiger partial charge in [0.15, 0.2) is 11.8 Å². The molecule has 0 aromatic heterocycles. The Kier molecular flexibility index (Phi) is 5.40. The fourth-order valence-electron chi connectivity index (χ4n) is 1.60. The minimum Gasteiger partial charge on any atom is -0.480 e. The van der Waals surface area contributed by atoms with E-state index in [0.717, 1.165) is 0 Å². The third-order valence-corrected chi connectivity index (χ3v) is 2.58. The van der Waals surface area contributed by atoms with E-state index in [-0.39, 0.29) is 0 Å². The number of aliphatic carboxylic acids is 2. The first-order valence-electron chi connectivity index (χ1n) is 5.79. The van der Waals surface area contributed by atoms with Crippen LogP contribution in [0, 0.1) is 20.2 Å². The van der Waals surface area contributed by atoms with Crippen molar-refractivity contribution < 1.29 is 34.4 Å². The lowest BCUT2D eigenvalue weighted by molar-refractivity contribution is -0.394. The maximum Gasteiger partial charge on any atom is 0.328 e. The summed E-state index contributed by atoms with van der Waals surface area (Å²) in [5.41, 5.74) is -2.15. The number of nitrogens with one attached hydrogen (secondary N) is 1. The summed E-state index contributed by atoms with van der Waals surface area (Å²) < 4.78 is 0. The molecular formula is C11H9N3O9. The molecule has 0 saturated heterocycles. The maximum absolute atomic E-state index is 12.1. The summed E-state index contributed by atoms with van der Waals surface area (Å²) in [7, 11) is 0. The lowest BCUT2D eigenvalue weighted by Gasteiger charge is -2.11. The SMILES string of the molecule is O=C(O)CNC(C(=O)O)C(=O)c1cc([N+](=O)[O-])cc([N+](=O)[O-])c1. The van der Waals surface area contributed by atoms with E-state index in [4.69, 9.17) is 10.2 Å². The van der Waals surface area contributed by atoms with Crippen LogP contribution in [0.25, 0.3) is 0 Å². The van der Waals surface area contributed by atoms with Gasteiger partial charge in [-0.1, -0.05) is 0 Å². The predicted octanol–water partition coefficient (Wildman–Crippen LogP) is -0.187. The standard InChI is InChI=1S/C11H9N3O9/c15-8(16)4-12-9(11(18)19)10(17)5-1-6(13(20)21)3-7(2-5)14(22)23/h1-3,9,12H,4H2,(H,15,16)(H,18,19). The van der Waals surface area contributed by atoms with Gasteiger partial charge in [-0.05, 0) is 0 Å². The molecule has 1 atom stereocenters. The number of carbonyl (C=O) groups is 3. The van der Waals surface area contributed by atoms with Crippen molar-refractivity contribution in [1.29, 1.82) is 0 Å². The zero-order valence-electron chi connectivity index (χ0n) is 11.2. The number of hydrogen-bond donors (Lipinski definition) is 3. The van der Waals surface area contributed by atoms with Gasteiger partial charge in [-0.25, -0.2) is 0 Å². The molecule has 0 amide bonds. The molecule has 3 N–H and O–H groups in total. The number of hydrogen-bond acceptors (Lipinski definition) is 8. The van der Waals surface area contributed by atoms with Crippen molar-refractivity contribution in [2.24, 2.45) is 0 Å². The summed E-state index contributed by atoms with van der Waals surface area (Å²) in [4.78, 5) is 53.0. The van der Waals surface area contributed by atoms with Gasteiger partial charge in [0.2, 0.25) is 0 Å². The van der Waals surface area contributed by atoms with Gasteiger partial charge in [-0.15, -0.1) is 0 Å². The Morgan fingerprint density at radius 2 is 1.52 bits per heavy atom. The van der Waals surface area contributed by atoms with Gasteiger partial charge >= 0.3 is 11.9 Å². The second-order valence-corrected chi connectivity index (χ2v) is 4.16. The zero-order chi connectivity index (χ0) is 17.7. The first-order chi connectivity index (χ1) is 10.6. The van der Waals surface area contributed by atoms with Gasteiger partial charge in [0.05, 0.1) is 22.5 Å². The van der Waals surface area contributed by atoms with Crippen molar-refractivity contribution in [3.05, 3.63) is 44.0 Å². The van der Waals surface area contributed by atoms with Crippen LogP contribution in [-0.4, -0.2) is 50.4 Å². The van der Waals surface area contributed by atoms with Gasteiger partial charge in [0.1, 0.15) is 0 Å². The molecule has 0 heterocycles. The smallest absolute Gasteiger partial charge is 0.328 e. The molecule has 0 saturated carbocycles. The molecule has 1 aromatic carbocycles. The predicted molar refractivity (Wildman–Crippen MR) is 71.1 cm³/mol. The Morgan fingerprint density at radius 3 is 1.87 bits per heavy atom. The lowest BCUT2D eigenvalue weighted by Crippen LogP contribution is -2.45. The molecule has 1 aromatic rings. The van der Waals surface area contributed by atoms with Gasteiger partial charge in [0, 0.05) is 17.7 Å². The number of benzene rings is 1. The van der Waals surface area contributed by atoms with Crippen molar-refractivity contribution >= 4 is 29.1 Å². The number of carboxylic acid groups (broad SMARTS) is 2. The summed E-state index contributed by atoms with van der Waals surface area (Å²) in [6, 6.07) is -0.0636. The molecule has 0 aliphatic carbocycles. The van der Waals surface area contributed by atoms with Gasteiger partial charge < -0.3 is 10.2 Å². The van der Waals surface area contributed by atoms with Crippen LogP contribution in [0.2, 0.25) is 0 Å². The molecule has 1 unspecified atom stereocenters. The van der Waals surface area contributed by atoms with Crippen LogP contribution in [0.5, 0.6) is 0 Å². The highest BCUT2D eigenvalue weighted by atomic mass is 16.6. The van der Waals surface area contributed by atoms with Gasteiger partial charge in [-0.3, -0.25) is 39.9 Å². The summed E-state index contributed by atoms with van der Waals surface area (Å²) >= 11 is 0. The molecule has 12 heteroatoms. The molecule has 0 spiro atoms. The maximum atomic E-state index is 12.1. The number of carboxylic acids is 2. The van der Waals surface area contributed by atoms with E-state index in [2.05, 4.69) is 0 Å². The van der Waals surface area contributed by atoms with Crippen molar-refractivity contribution in [3.8, 4) is 0 Å². The van der Waals surface area contributed by atoms with Crippen LogP contribution >= 0.6 is 0 Å². The van der Waals surface area contributed by atoms with Crippen molar-refractivity contribution in [2.45, 2.75) is 6.04 Å². The molecule has 0 fully saturated rings. The first kappa shape index (κ1) is 17.6. The van der Waals surface area contributed by atoms with E-state index in [9.17, 15) is 34.6 Å². The highest BCUT2D eigenvalue weighted by molar-refractivity contribution is 6.12. The van der Waals surface area contributed by atoms with Gasteiger partial charge in [0.25, 0.3) is 11.4 Å². The molecule has 122 valence electrons. The molecule has 0 aliphatic heterocycles. The molecule has 23 heavy (non-hydrogen) atoms. The Labute approximate surface area is 126 Å². The van der Waals surface area contributed by atoms with Crippen LogP contribution in [0.4, 0.5) is 11.4 Å². The monoisotopic (exact) mass is 327 g/mol. The number of nitrogens with zero attached hydrogens (tertiary/aromatic N) is 2. The molecule has 12 nitrogen and oxygen atoms in total. The van der Waals surface area contributed by atoms with E-state index in [1.807, 2.05) is 5.32 Å². The largest absolute Gasteiger partial charge is 0.480 e. The number of non-ortho nitro benzene ring substituents is 2. The second kappa shape index (κ2) is 7.04. The third kappa shape index (κ3) is 4.53. The average molecular weight is 327 g/mol. The summed E-state index contributed by atoms with van der Waals surface area (Å²) in [6.45, 7) is -0.861. The third-order valence-electron chi connectivity index (χ3n) is 2.58. The second-order valence-electron chi connectivity index (χ2n) is 4.16. The van der Waals surface area contributed by atoms with E-state index in [0.29, 0.717) is 18.2 Å². The van der Waals surface area contributed by atoms with E-state index < -0.39 is 57.1 Å². The summed E-state index contributed by atoms with van der Waals surface area (Å²) in [5.74, 6) is -4.41. The quantitative estimate of drug-likeness (QED) is 0.249. The van der Waals surface area contributed by atoms with Crippen molar-refractivity contribution in [2.75, 3.05) is 6.54 Å². The molecule has 0 aliphatic rings. The van der Waals surface area contributed by atoms with Gasteiger partial charge in [-0.2, -0.15) is 0 Å². The molecule has 1 rings (SSSR count).